The van der Waals surface area contributed by atoms with E-state index in [-0.39, 0.29) is 5.91 Å². The van der Waals surface area contributed by atoms with Crippen LogP contribution in [0, 0.1) is 0 Å². The molecule has 0 bridgehead atoms. The van der Waals surface area contributed by atoms with E-state index in [1.807, 2.05) is 17.0 Å². The molecular formula is C17H25N2O4+. The van der Waals surface area contributed by atoms with Gasteiger partial charge in [0.1, 0.15) is 13.1 Å². The molecule has 0 saturated carbocycles. The van der Waals surface area contributed by atoms with Crippen LogP contribution >= 0.6 is 0 Å². The lowest BCUT2D eigenvalue weighted by Crippen LogP contribution is -3.15. The third kappa shape index (κ3) is 3.59. The molecule has 126 valence electrons. The summed E-state index contributed by atoms with van der Waals surface area (Å²) in [5.41, 5.74) is 2.39. The zero-order valence-corrected chi connectivity index (χ0v) is 13.9. The van der Waals surface area contributed by atoms with Crippen LogP contribution in [-0.4, -0.2) is 64.4 Å². The van der Waals surface area contributed by atoms with E-state index >= 15 is 0 Å². The van der Waals surface area contributed by atoms with Crippen molar-refractivity contribution in [2.45, 2.75) is 13.0 Å². The Morgan fingerprint density at radius 3 is 2.48 bits per heavy atom. The van der Waals surface area contributed by atoms with Crippen LogP contribution in [0.5, 0.6) is 11.5 Å². The number of hydrogen-bond acceptors (Lipinski definition) is 4. The van der Waals surface area contributed by atoms with Gasteiger partial charge in [-0.15, -0.1) is 0 Å². The SMILES string of the molecule is COc1cc2c(cc1OC)CN(C(=O)C[NH+]1CCOCC1)CC2. The Hall–Kier alpha value is -1.79. The number of amides is 1. The molecule has 2 aliphatic heterocycles. The number of hydrogen-bond donors (Lipinski definition) is 1. The van der Waals surface area contributed by atoms with E-state index in [0.717, 1.165) is 56.3 Å². The third-order valence-electron chi connectivity index (χ3n) is 4.67. The number of carbonyl (C=O) groups excluding carboxylic acids is 1. The highest BCUT2D eigenvalue weighted by molar-refractivity contribution is 5.77. The number of carbonyl (C=O) groups is 1. The first kappa shape index (κ1) is 16.1. The van der Waals surface area contributed by atoms with Gasteiger partial charge in [0.15, 0.2) is 18.0 Å². The standard InChI is InChI=1S/C17H24N2O4/c1-21-15-9-13-3-4-19(11-14(13)10-16(15)22-2)17(20)12-18-5-7-23-8-6-18/h9-10H,3-8,11-12H2,1-2H3/p+1. The monoisotopic (exact) mass is 321 g/mol. The van der Waals surface area contributed by atoms with E-state index in [0.29, 0.717) is 13.1 Å². The number of nitrogens with one attached hydrogen (secondary N) is 1. The molecule has 23 heavy (non-hydrogen) atoms. The van der Waals surface area contributed by atoms with Crippen molar-refractivity contribution >= 4 is 5.91 Å². The molecule has 0 spiro atoms. The Kier molecular flexibility index (Phi) is 5.03. The molecule has 0 unspecified atom stereocenters. The van der Waals surface area contributed by atoms with E-state index in [2.05, 4.69) is 0 Å². The molecule has 2 heterocycles. The minimum atomic E-state index is 0.224. The van der Waals surface area contributed by atoms with Crippen LogP contribution in [0.3, 0.4) is 0 Å². The first-order valence-corrected chi connectivity index (χ1v) is 8.14. The summed E-state index contributed by atoms with van der Waals surface area (Å²) in [6.07, 6.45) is 0.861. The van der Waals surface area contributed by atoms with Gasteiger partial charge >= 0.3 is 0 Å². The zero-order valence-electron chi connectivity index (χ0n) is 13.9. The van der Waals surface area contributed by atoms with Crippen molar-refractivity contribution in [1.82, 2.24) is 4.90 Å². The van der Waals surface area contributed by atoms with Gasteiger partial charge in [-0.2, -0.15) is 0 Å². The number of fused-ring (bicyclic) bond motifs is 1. The van der Waals surface area contributed by atoms with Crippen molar-refractivity contribution in [3.05, 3.63) is 23.3 Å². The minimum absolute atomic E-state index is 0.224. The lowest BCUT2D eigenvalue weighted by molar-refractivity contribution is -0.900. The number of quaternary nitrogens is 1. The lowest BCUT2D eigenvalue weighted by Gasteiger charge is -2.31. The summed E-state index contributed by atoms with van der Waals surface area (Å²) < 4.78 is 16.1. The van der Waals surface area contributed by atoms with E-state index < -0.39 is 0 Å². The number of ether oxygens (including phenoxy) is 3. The summed E-state index contributed by atoms with van der Waals surface area (Å²) >= 11 is 0. The minimum Gasteiger partial charge on any atom is -0.493 e. The van der Waals surface area contributed by atoms with Crippen molar-refractivity contribution < 1.29 is 23.9 Å². The Morgan fingerprint density at radius 1 is 1.17 bits per heavy atom. The van der Waals surface area contributed by atoms with E-state index in [1.165, 1.54) is 10.5 Å². The molecular weight excluding hydrogens is 296 g/mol. The zero-order chi connectivity index (χ0) is 16.2. The second kappa shape index (κ2) is 7.19. The van der Waals surface area contributed by atoms with Gasteiger partial charge in [-0.3, -0.25) is 4.79 Å². The number of methoxy groups -OCH3 is 2. The quantitative estimate of drug-likeness (QED) is 0.813. The first-order chi connectivity index (χ1) is 11.2. The van der Waals surface area contributed by atoms with Crippen molar-refractivity contribution in [3.63, 3.8) is 0 Å². The summed E-state index contributed by atoms with van der Waals surface area (Å²) in [5.74, 6) is 1.70. The number of nitrogens with zero attached hydrogens (tertiary/aromatic N) is 1. The molecule has 1 aromatic carbocycles. The maximum absolute atomic E-state index is 12.6. The Balaban J connectivity index is 1.68. The molecule has 6 nitrogen and oxygen atoms in total. The summed E-state index contributed by atoms with van der Waals surface area (Å²) in [4.78, 5) is 15.8. The normalized spacial score (nSPS) is 18.4. The highest BCUT2D eigenvalue weighted by Gasteiger charge is 2.26. The second-order valence-electron chi connectivity index (χ2n) is 6.08. The maximum Gasteiger partial charge on any atom is 0.278 e. The van der Waals surface area contributed by atoms with Crippen molar-refractivity contribution in [3.8, 4) is 11.5 Å². The highest BCUT2D eigenvalue weighted by atomic mass is 16.5. The van der Waals surface area contributed by atoms with E-state index in [9.17, 15) is 4.79 Å². The summed E-state index contributed by atoms with van der Waals surface area (Å²) in [6, 6.07) is 4.03. The average molecular weight is 321 g/mol. The fraction of sp³-hybridized carbons (Fsp3) is 0.588. The van der Waals surface area contributed by atoms with Gasteiger partial charge in [0, 0.05) is 13.1 Å². The number of rotatable bonds is 4. The lowest BCUT2D eigenvalue weighted by atomic mass is 9.98. The van der Waals surface area contributed by atoms with Crippen LogP contribution in [0.4, 0.5) is 0 Å². The van der Waals surface area contributed by atoms with E-state index in [1.54, 1.807) is 14.2 Å². The predicted octanol–water partition coefficient (Wildman–Crippen LogP) is -0.496. The van der Waals surface area contributed by atoms with Crippen molar-refractivity contribution in [1.29, 1.82) is 0 Å². The second-order valence-corrected chi connectivity index (χ2v) is 6.08. The highest BCUT2D eigenvalue weighted by Crippen LogP contribution is 2.33. The molecule has 2 aliphatic rings. The van der Waals surface area contributed by atoms with Gasteiger partial charge in [-0.05, 0) is 29.7 Å². The Bertz CT molecular complexity index is 570. The maximum atomic E-state index is 12.6. The van der Waals surface area contributed by atoms with Crippen LogP contribution in [-0.2, 0) is 22.5 Å². The number of morpholine rings is 1. The largest absolute Gasteiger partial charge is 0.493 e. The van der Waals surface area contributed by atoms with Gasteiger partial charge < -0.3 is 24.0 Å². The van der Waals surface area contributed by atoms with Crippen LogP contribution in [0.1, 0.15) is 11.1 Å². The number of benzene rings is 1. The molecule has 0 radical (unpaired) electrons. The molecule has 1 amide bonds. The van der Waals surface area contributed by atoms with Crippen molar-refractivity contribution in [2.24, 2.45) is 0 Å². The van der Waals surface area contributed by atoms with Gasteiger partial charge in [0.25, 0.3) is 5.91 Å². The predicted molar refractivity (Wildman–Crippen MR) is 85.0 cm³/mol. The molecule has 0 atom stereocenters. The fourth-order valence-corrected chi connectivity index (χ4v) is 3.26. The smallest absolute Gasteiger partial charge is 0.278 e. The fourth-order valence-electron chi connectivity index (χ4n) is 3.26. The van der Waals surface area contributed by atoms with Crippen LogP contribution in [0.25, 0.3) is 0 Å². The summed E-state index contributed by atoms with van der Waals surface area (Å²) in [7, 11) is 3.28. The molecule has 0 aromatic heterocycles. The van der Waals surface area contributed by atoms with Crippen LogP contribution in [0.2, 0.25) is 0 Å². The van der Waals surface area contributed by atoms with Crippen LogP contribution < -0.4 is 14.4 Å². The van der Waals surface area contributed by atoms with Gasteiger partial charge in [0.05, 0.1) is 27.4 Å². The summed E-state index contributed by atoms with van der Waals surface area (Å²) in [5, 5.41) is 0. The molecule has 3 rings (SSSR count). The van der Waals surface area contributed by atoms with E-state index in [4.69, 9.17) is 14.2 Å². The molecule has 1 saturated heterocycles. The van der Waals surface area contributed by atoms with Crippen LogP contribution in [0.15, 0.2) is 12.1 Å². The average Bonchev–Trinajstić information content (AvgIpc) is 2.60. The molecule has 6 heteroatoms. The molecule has 1 fully saturated rings. The third-order valence-corrected chi connectivity index (χ3v) is 4.67. The van der Waals surface area contributed by atoms with Crippen molar-refractivity contribution in [2.75, 3.05) is 53.6 Å². The first-order valence-electron chi connectivity index (χ1n) is 8.14. The Labute approximate surface area is 136 Å². The van der Waals surface area contributed by atoms with Gasteiger partial charge in [0.2, 0.25) is 0 Å². The Morgan fingerprint density at radius 2 is 1.83 bits per heavy atom. The summed E-state index contributed by atoms with van der Waals surface area (Å²) in [6.45, 7) is 5.32. The van der Waals surface area contributed by atoms with Gasteiger partial charge in [-0.25, -0.2) is 0 Å². The topological polar surface area (TPSA) is 52.4 Å². The van der Waals surface area contributed by atoms with Gasteiger partial charge in [-0.1, -0.05) is 0 Å². The molecule has 1 aromatic rings. The molecule has 1 N–H and O–H groups in total. The molecule has 0 aliphatic carbocycles.